The van der Waals surface area contributed by atoms with E-state index in [9.17, 15) is 10.1 Å². The number of aromatic nitrogens is 4. The van der Waals surface area contributed by atoms with E-state index < -0.39 is 4.92 Å². The van der Waals surface area contributed by atoms with Gasteiger partial charge in [0.2, 0.25) is 5.95 Å². The lowest BCUT2D eigenvalue weighted by Crippen LogP contribution is -2.46. The van der Waals surface area contributed by atoms with Gasteiger partial charge in [-0.05, 0) is 30.3 Å². The van der Waals surface area contributed by atoms with Crippen LogP contribution in [0, 0.1) is 10.1 Å². The van der Waals surface area contributed by atoms with E-state index in [1.54, 1.807) is 24.5 Å². The number of hydrogen-bond donors (Lipinski definition) is 1. The van der Waals surface area contributed by atoms with Crippen molar-refractivity contribution in [2.75, 3.05) is 36.8 Å². The molecule has 0 bridgehead atoms. The van der Waals surface area contributed by atoms with Crippen LogP contribution in [0.15, 0.2) is 61.1 Å². The van der Waals surface area contributed by atoms with Gasteiger partial charge >= 0.3 is 0 Å². The first-order chi connectivity index (χ1) is 15.6. The van der Waals surface area contributed by atoms with E-state index in [2.05, 4.69) is 19.8 Å². The fraction of sp³-hybridized carbons (Fsp3) is 0.227. The lowest BCUT2D eigenvalue weighted by molar-refractivity contribution is -0.384. The largest absolute Gasteiger partial charge is 0.398 e. The van der Waals surface area contributed by atoms with Crippen LogP contribution in [0.3, 0.4) is 0 Å². The molecule has 10 nitrogen and oxygen atoms in total. The van der Waals surface area contributed by atoms with Gasteiger partial charge in [-0.3, -0.25) is 15.0 Å². The predicted molar refractivity (Wildman–Crippen MR) is 121 cm³/mol. The summed E-state index contributed by atoms with van der Waals surface area (Å²) in [5.41, 5.74) is 10.2. The normalized spacial score (nSPS) is 14.7. The Balaban J connectivity index is 1.43. The number of nitrogens with zero attached hydrogens (tertiary/aromatic N) is 7. The molecule has 32 heavy (non-hydrogen) atoms. The van der Waals surface area contributed by atoms with Crippen LogP contribution in [0.5, 0.6) is 0 Å². The zero-order valence-electron chi connectivity index (χ0n) is 17.3. The third-order valence-electron chi connectivity index (χ3n) is 5.67. The third kappa shape index (κ3) is 3.83. The lowest BCUT2D eigenvalue weighted by Gasteiger charge is -2.34. The smallest absolute Gasteiger partial charge is 0.269 e. The number of imidazole rings is 1. The molecule has 1 aliphatic rings. The number of benzene rings is 1. The summed E-state index contributed by atoms with van der Waals surface area (Å²) < 4.78 is 2.01. The number of nitro groups is 1. The molecule has 0 amide bonds. The number of piperazine rings is 1. The van der Waals surface area contributed by atoms with E-state index in [-0.39, 0.29) is 5.69 Å². The Bertz CT molecular complexity index is 1250. The van der Waals surface area contributed by atoms with Crippen molar-refractivity contribution in [1.82, 2.24) is 24.3 Å². The molecule has 0 atom stereocenters. The van der Waals surface area contributed by atoms with Crippen molar-refractivity contribution >= 4 is 23.0 Å². The molecule has 1 aromatic carbocycles. The highest BCUT2D eigenvalue weighted by Crippen LogP contribution is 2.28. The van der Waals surface area contributed by atoms with Crippen molar-refractivity contribution in [3.63, 3.8) is 0 Å². The molecular formula is C22H22N8O2. The molecule has 4 heterocycles. The Labute approximate surface area is 184 Å². The second-order valence-corrected chi connectivity index (χ2v) is 7.71. The van der Waals surface area contributed by atoms with Crippen LogP contribution in [0.4, 0.5) is 17.3 Å². The number of hydrogen-bond acceptors (Lipinski definition) is 8. The Kier molecular flexibility index (Phi) is 5.12. The fourth-order valence-electron chi connectivity index (χ4n) is 4.01. The number of nitrogens with two attached hydrogens (primary N) is 1. The Morgan fingerprint density at radius 1 is 1.00 bits per heavy atom. The molecule has 0 saturated carbocycles. The number of pyridine rings is 1. The number of non-ortho nitro benzene ring substituents is 1. The maximum atomic E-state index is 11.0. The van der Waals surface area contributed by atoms with Crippen LogP contribution in [0.1, 0.15) is 5.69 Å². The maximum Gasteiger partial charge on any atom is 0.269 e. The van der Waals surface area contributed by atoms with Gasteiger partial charge in [0.05, 0.1) is 16.3 Å². The summed E-state index contributed by atoms with van der Waals surface area (Å²) in [6.07, 6.45) is 5.39. The molecule has 0 spiro atoms. The van der Waals surface area contributed by atoms with Crippen molar-refractivity contribution in [2.45, 2.75) is 6.54 Å². The second kappa shape index (κ2) is 8.23. The van der Waals surface area contributed by atoms with Gasteiger partial charge in [-0.25, -0.2) is 15.0 Å². The van der Waals surface area contributed by atoms with Crippen LogP contribution in [0.2, 0.25) is 0 Å². The number of nitro benzene ring substituents is 1. The summed E-state index contributed by atoms with van der Waals surface area (Å²) in [4.78, 5) is 28.7. The maximum absolute atomic E-state index is 11.0. The van der Waals surface area contributed by atoms with Crippen LogP contribution >= 0.6 is 0 Å². The highest BCUT2D eigenvalue weighted by molar-refractivity contribution is 5.68. The summed E-state index contributed by atoms with van der Waals surface area (Å²) in [5, 5.41) is 11.0. The second-order valence-electron chi connectivity index (χ2n) is 7.71. The van der Waals surface area contributed by atoms with Gasteiger partial charge in [-0.15, -0.1) is 0 Å². The first-order valence-electron chi connectivity index (χ1n) is 10.3. The van der Waals surface area contributed by atoms with E-state index in [4.69, 9.17) is 10.7 Å². The van der Waals surface area contributed by atoms with Crippen molar-refractivity contribution < 1.29 is 4.92 Å². The highest BCUT2D eigenvalue weighted by atomic mass is 16.6. The summed E-state index contributed by atoms with van der Waals surface area (Å²) in [6, 6.07) is 12.0. The molecule has 0 unspecified atom stereocenters. The molecule has 5 rings (SSSR count). The van der Waals surface area contributed by atoms with Crippen molar-refractivity contribution in [3.05, 3.63) is 76.9 Å². The van der Waals surface area contributed by atoms with E-state index in [0.717, 1.165) is 54.7 Å². The summed E-state index contributed by atoms with van der Waals surface area (Å²) in [7, 11) is 0. The summed E-state index contributed by atoms with van der Waals surface area (Å²) in [6.45, 7) is 4.05. The first kappa shape index (κ1) is 19.9. The molecule has 1 aliphatic heterocycles. The van der Waals surface area contributed by atoms with E-state index in [0.29, 0.717) is 12.2 Å². The van der Waals surface area contributed by atoms with E-state index in [1.165, 1.54) is 12.1 Å². The minimum absolute atomic E-state index is 0.0579. The van der Waals surface area contributed by atoms with E-state index in [1.807, 2.05) is 28.8 Å². The monoisotopic (exact) mass is 430 g/mol. The van der Waals surface area contributed by atoms with Crippen molar-refractivity contribution in [3.8, 4) is 11.3 Å². The minimum Gasteiger partial charge on any atom is -0.398 e. The zero-order valence-corrected chi connectivity index (χ0v) is 17.3. The Morgan fingerprint density at radius 2 is 1.72 bits per heavy atom. The summed E-state index contributed by atoms with van der Waals surface area (Å²) in [5.74, 6) is 0.751. The molecule has 0 aliphatic carbocycles. The molecule has 2 N–H and O–H groups in total. The number of anilines is 2. The topological polar surface area (TPSA) is 119 Å². The average Bonchev–Trinajstić information content (AvgIpc) is 3.17. The highest BCUT2D eigenvalue weighted by Gasteiger charge is 2.22. The molecule has 1 fully saturated rings. The molecule has 4 aromatic rings. The standard InChI is InChI=1S/C22H22N8O2/c23-17-4-7-20-26-21(16-2-5-18(6-3-16)30(31)32)19(29(20)14-17)15-27-10-12-28(13-11-27)22-24-8-1-9-25-22/h1-9,14H,10-13,15,23H2. The van der Waals surface area contributed by atoms with Gasteiger partial charge in [-0.2, -0.15) is 0 Å². The molecule has 3 aromatic heterocycles. The van der Waals surface area contributed by atoms with Gasteiger partial charge < -0.3 is 15.0 Å². The van der Waals surface area contributed by atoms with Crippen LogP contribution < -0.4 is 10.6 Å². The number of rotatable bonds is 5. The third-order valence-corrected chi connectivity index (χ3v) is 5.67. The van der Waals surface area contributed by atoms with Crippen molar-refractivity contribution in [1.29, 1.82) is 0 Å². The SMILES string of the molecule is Nc1ccc2nc(-c3ccc([N+](=O)[O-])cc3)c(CN3CCN(c4ncccn4)CC3)n2c1. The average molecular weight is 430 g/mol. The molecule has 10 heteroatoms. The Morgan fingerprint density at radius 3 is 2.41 bits per heavy atom. The molecule has 1 saturated heterocycles. The van der Waals surface area contributed by atoms with Gasteiger partial charge in [0, 0.05) is 74.7 Å². The molecular weight excluding hydrogens is 408 g/mol. The van der Waals surface area contributed by atoms with Gasteiger partial charge in [0.25, 0.3) is 5.69 Å². The number of nitrogen functional groups attached to an aromatic ring is 1. The van der Waals surface area contributed by atoms with Crippen LogP contribution in [-0.4, -0.2) is 55.4 Å². The first-order valence-corrected chi connectivity index (χ1v) is 10.3. The van der Waals surface area contributed by atoms with Gasteiger partial charge in [0.15, 0.2) is 0 Å². The predicted octanol–water partition coefficient (Wildman–Crippen LogP) is 2.60. The van der Waals surface area contributed by atoms with Crippen LogP contribution in [0.25, 0.3) is 16.9 Å². The summed E-state index contributed by atoms with van der Waals surface area (Å²) >= 11 is 0. The fourth-order valence-corrected chi connectivity index (χ4v) is 4.01. The zero-order chi connectivity index (χ0) is 22.1. The Hall–Kier alpha value is -4.05. The van der Waals surface area contributed by atoms with Gasteiger partial charge in [0.1, 0.15) is 5.65 Å². The minimum atomic E-state index is -0.398. The lowest BCUT2D eigenvalue weighted by atomic mass is 10.1. The van der Waals surface area contributed by atoms with Gasteiger partial charge in [-0.1, -0.05) is 0 Å². The molecule has 162 valence electrons. The number of fused-ring (bicyclic) bond motifs is 1. The van der Waals surface area contributed by atoms with E-state index >= 15 is 0 Å². The van der Waals surface area contributed by atoms with Crippen LogP contribution in [-0.2, 0) is 6.54 Å². The quantitative estimate of drug-likeness (QED) is 0.379. The van der Waals surface area contributed by atoms with Crippen molar-refractivity contribution in [2.24, 2.45) is 0 Å². The molecule has 0 radical (unpaired) electrons.